The number of hydrogen-bond donors (Lipinski definition) is 0. The fourth-order valence-electron chi connectivity index (χ4n) is 3.99. The van der Waals surface area contributed by atoms with Crippen LogP contribution in [-0.4, -0.2) is 57.8 Å². The van der Waals surface area contributed by atoms with Crippen LogP contribution in [0, 0.1) is 10.1 Å². The van der Waals surface area contributed by atoms with Crippen molar-refractivity contribution < 1.29 is 27.3 Å². The van der Waals surface area contributed by atoms with E-state index < -0.39 is 22.6 Å². The lowest BCUT2D eigenvalue weighted by atomic mass is 10.1. The van der Waals surface area contributed by atoms with Gasteiger partial charge in [0.25, 0.3) is 11.6 Å². The van der Waals surface area contributed by atoms with Crippen molar-refractivity contribution in [3.05, 3.63) is 69.9 Å². The molecular formula is C24H23F3N4O4. The van der Waals surface area contributed by atoms with E-state index in [0.717, 1.165) is 12.1 Å². The molecule has 3 aromatic rings. The molecule has 0 N–H and O–H groups in total. The van der Waals surface area contributed by atoms with Crippen molar-refractivity contribution >= 4 is 11.6 Å². The van der Waals surface area contributed by atoms with Crippen LogP contribution in [0.4, 0.5) is 18.9 Å². The van der Waals surface area contributed by atoms with Gasteiger partial charge >= 0.3 is 6.18 Å². The van der Waals surface area contributed by atoms with Gasteiger partial charge in [0.15, 0.2) is 11.5 Å². The molecule has 1 saturated heterocycles. The first kappa shape index (κ1) is 24.4. The number of alkyl halides is 3. The topological polar surface area (TPSA) is 92.7 Å². The quantitative estimate of drug-likeness (QED) is 0.366. The number of nitrogens with zero attached hydrogens (tertiary/aromatic N) is 4. The van der Waals surface area contributed by atoms with E-state index in [0.29, 0.717) is 32.2 Å². The van der Waals surface area contributed by atoms with Crippen LogP contribution in [-0.2, 0) is 6.18 Å². The summed E-state index contributed by atoms with van der Waals surface area (Å²) in [7, 11) is 0. The first-order valence-electron chi connectivity index (χ1n) is 11.0. The number of carbonyl (C=O) groups is 1. The molecule has 184 valence electrons. The highest BCUT2D eigenvalue weighted by molar-refractivity contribution is 5.99. The van der Waals surface area contributed by atoms with Gasteiger partial charge in [0.05, 0.1) is 16.1 Å². The first-order chi connectivity index (χ1) is 16.6. The molecule has 2 heterocycles. The number of nitro benzene ring substituents is 1. The molecule has 0 bridgehead atoms. The van der Waals surface area contributed by atoms with E-state index in [2.05, 4.69) is 23.7 Å². The van der Waals surface area contributed by atoms with Crippen LogP contribution in [0.1, 0.15) is 29.9 Å². The van der Waals surface area contributed by atoms with Gasteiger partial charge in [-0.3, -0.25) is 19.8 Å². The molecule has 8 nitrogen and oxygen atoms in total. The minimum atomic E-state index is -4.51. The first-order valence-corrected chi connectivity index (χ1v) is 11.0. The Morgan fingerprint density at radius 2 is 1.69 bits per heavy atom. The van der Waals surface area contributed by atoms with Gasteiger partial charge in [-0.05, 0) is 44.2 Å². The number of para-hydroxylation sites is 1. The molecule has 2 aromatic carbocycles. The highest BCUT2D eigenvalue weighted by atomic mass is 19.4. The molecule has 1 aliphatic heterocycles. The average molecular weight is 488 g/mol. The average Bonchev–Trinajstić information content (AvgIpc) is 3.28. The standard InChI is InChI=1S/C24H23F3N4O4/c1-15(2)29-11-13-30(14-12-29)23(32)20-21(18-5-3-4-6-19(18)31(33)34)35-22(28-20)16-7-9-17(10-8-16)24(25,26)27/h3-10,15H,11-14H2,1-2H3. The van der Waals surface area contributed by atoms with Gasteiger partial charge in [0, 0.05) is 43.9 Å². The van der Waals surface area contributed by atoms with Crippen molar-refractivity contribution in [3.63, 3.8) is 0 Å². The van der Waals surface area contributed by atoms with Gasteiger partial charge in [-0.25, -0.2) is 4.98 Å². The monoisotopic (exact) mass is 488 g/mol. The highest BCUT2D eigenvalue weighted by Crippen LogP contribution is 2.37. The summed E-state index contributed by atoms with van der Waals surface area (Å²) in [5, 5.41) is 11.6. The second-order valence-corrected chi connectivity index (χ2v) is 8.47. The summed E-state index contributed by atoms with van der Waals surface area (Å²) in [6, 6.07) is 10.3. The molecule has 0 unspecified atom stereocenters. The number of amides is 1. The fourth-order valence-corrected chi connectivity index (χ4v) is 3.99. The number of oxazole rings is 1. The number of piperazine rings is 1. The zero-order valence-corrected chi connectivity index (χ0v) is 19.1. The molecule has 11 heteroatoms. The highest BCUT2D eigenvalue weighted by Gasteiger charge is 2.33. The van der Waals surface area contributed by atoms with Crippen molar-refractivity contribution in [2.75, 3.05) is 26.2 Å². The van der Waals surface area contributed by atoms with Crippen LogP contribution in [0.5, 0.6) is 0 Å². The Kier molecular flexibility index (Phi) is 6.62. The number of nitro groups is 1. The Morgan fingerprint density at radius 1 is 1.06 bits per heavy atom. The van der Waals surface area contributed by atoms with Crippen molar-refractivity contribution in [2.24, 2.45) is 0 Å². The maximum absolute atomic E-state index is 13.4. The molecule has 0 aliphatic carbocycles. The van der Waals surface area contributed by atoms with Gasteiger partial charge in [-0.2, -0.15) is 13.2 Å². The third-order valence-electron chi connectivity index (χ3n) is 5.97. The van der Waals surface area contributed by atoms with E-state index in [4.69, 9.17) is 4.42 Å². The van der Waals surface area contributed by atoms with Crippen LogP contribution in [0.25, 0.3) is 22.8 Å². The zero-order valence-electron chi connectivity index (χ0n) is 19.1. The lowest BCUT2D eigenvalue weighted by Gasteiger charge is -2.36. The number of hydrogen-bond acceptors (Lipinski definition) is 6. The molecular weight excluding hydrogens is 465 g/mol. The molecule has 1 amide bonds. The minimum absolute atomic E-state index is 0.0623. The SMILES string of the molecule is CC(C)N1CCN(C(=O)c2nc(-c3ccc(C(F)(F)F)cc3)oc2-c2ccccc2[N+](=O)[O-])CC1. The zero-order chi connectivity index (χ0) is 25.3. The van der Waals surface area contributed by atoms with E-state index in [-0.39, 0.29) is 34.2 Å². The number of rotatable bonds is 5. The Labute approximate surface area is 199 Å². The van der Waals surface area contributed by atoms with E-state index >= 15 is 0 Å². The molecule has 1 aliphatic rings. The predicted octanol–water partition coefficient (Wildman–Crippen LogP) is 5.10. The molecule has 4 rings (SSSR count). The van der Waals surface area contributed by atoms with Crippen LogP contribution < -0.4 is 0 Å². The van der Waals surface area contributed by atoms with Crippen molar-refractivity contribution in [3.8, 4) is 22.8 Å². The number of carbonyl (C=O) groups excluding carboxylic acids is 1. The molecule has 0 spiro atoms. The lowest BCUT2D eigenvalue weighted by molar-refractivity contribution is -0.384. The summed E-state index contributed by atoms with van der Waals surface area (Å²) < 4.78 is 44.7. The van der Waals surface area contributed by atoms with E-state index in [1.54, 1.807) is 11.0 Å². The van der Waals surface area contributed by atoms with Crippen LogP contribution in [0.3, 0.4) is 0 Å². The van der Waals surface area contributed by atoms with Gasteiger partial charge in [-0.15, -0.1) is 0 Å². The van der Waals surface area contributed by atoms with Crippen LogP contribution in [0.2, 0.25) is 0 Å². The summed E-state index contributed by atoms with van der Waals surface area (Å²) in [5.41, 5.74) is -0.964. The van der Waals surface area contributed by atoms with Gasteiger partial charge in [0.2, 0.25) is 5.89 Å². The van der Waals surface area contributed by atoms with E-state index in [9.17, 15) is 28.1 Å². The van der Waals surface area contributed by atoms with E-state index in [1.165, 1.54) is 30.3 Å². The van der Waals surface area contributed by atoms with Crippen molar-refractivity contribution in [2.45, 2.75) is 26.1 Å². The predicted molar refractivity (Wildman–Crippen MR) is 122 cm³/mol. The normalized spacial score (nSPS) is 15.0. The van der Waals surface area contributed by atoms with Gasteiger partial charge in [0.1, 0.15) is 0 Å². The maximum atomic E-state index is 13.4. The summed E-state index contributed by atoms with van der Waals surface area (Å²) in [6.07, 6.45) is -4.51. The Bertz CT molecular complexity index is 1230. The number of aromatic nitrogens is 1. The Morgan fingerprint density at radius 3 is 2.26 bits per heavy atom. The third kappa shape index (κ3) is 5.04. The third-order valence-corrected chi connectivity index (χ3v) is 5.97. The summed E-state index contributed by atoms with van der Waals surface area (Å²) >= 11 is 0. The van der Waals surface area contributed by atoms with Crippen LogP contribution in [0.15, 0.2) is 52.9 Å². The van der Waals surface area contributed by atoms with Crippen molar-refractivity contribution in [1.82, 2.24) is 14.8 Å². The summed E-state index contributed by atoms with van der Waals surface area (Å²) in [4.78, 5) is 32.6. The molecule has 0 radical (unpaired) electrons. The maximum Gasteiger partial charge on any atom is 0.416 e. The summed E-state index contributed by atoms with van der Waals surface area (Å²) in [5.74, 6) is -0.650. The Balaban J connectivity index is 1.76. The summed E-state index contributed by atoms with van der Waals surface area (Å²) in [6.45, 7) is 6.34. The second-order valence-electron chi connectivity index (χ2n) is 8.47. The molecule has 35 heavy (non-hydrogen) atoms. The molecule has 0 saturated carbocycles. The minimum Gasteiger partial charge on any atom is -0.435 e. The van der Waals surface area contributed by atoms with Gasteiger partial charge < -0.3 is 9.32 Å². The second kappa shape index (κ2) is 9.49. The Hall–Kier alpha value is -3.73. The van der Waals surface area contributed by atoms with Gasteiger partial charge in [-0.1, -0.05) is 12.1 Å². The molecule has 1 fully saturated rings. The molecule has 1 aromatic heterocycles. The number of benzene rings is 2. The fraction of sp³-hybridized carbons (Fsp3) is 0.333. The lowest BCUT2D eigenvalue weighted by Crippen LogP contribution is -2.50. The number of halogens is 3. The smallest absolute Gasteiger partial charge is 0.416 e. The largest absolute Gasteiger partial charge is 0.435 e. The van der Waals surface area contributed by atoms with Crippen molar-refractivity contribution in [1.29, 1.82) is 0 Å². The van der Waals surface area contributed by atoms with Crippen LogP contribution >= 0.6 is 0 Å². The molecule has 0 atom stereocenters. The van der Waals surface area contributed by atoms with E-state index in [1.807, 2.05) is 0 Å².